The molecule has 3 aromatic carbocycles. The summed E-state index contributed by atoms with van der Waals surface area (Å²) in [5.41, 5.74) is 5.28. The van der Waals surface area contributed by atoms with E-state index in [1.807, 2.05) is 68.4 Å². The van der Waals surface area contributed by atoms with E-state index in [4.69, 9.17) is 0 Å². The zero-order valence-electron chi connectivity index (χ0n) is 21.2. The minimum atomic E-state index is -0.592. The minimum Gasteiger partial charge on any atom is -0.352 e. The van der Waals surface area contributed by atoms with E-state index >= 15 is 0 Å². The van der Waals surface area contributed by atoms with Gasteiger partial charge in [0.05, 0.1) is 6.42 Å². The third-order valence-electron chi connectivity index (χ3n) is 6.85. The molecule has 0 heterocycles. The lowest BCUT2D eigenvalue weighted by atomic mass is 10.00. The molecule has 3 aromatic rings. The first kappa shape index (κ1) is 26.2. The summed E-state index contributed by atoms with van der Waals surface area (Å²) < 4.78 is 0.955. The molecule has 4 nitrogen and oxygen atoms in total. The molecule has 4 rings (SSSR count). The van der Waals surface area contributed by atoms with Crippen LogP contribution in [0.1, 0.15) is 53.5 Å². The molecule has 1 fully saturated rings. The molecule has 0 aromatic heterocycles. The average molecular weight is 548 g/mol. The Hall–Kier alpha value is -2.92. The molecule has 0 unspecified atom stereocenters. The number of hydrogen-bond acceptors (Lipinski definition) is 2. The lowest BCUT2D eigenvalue weighted by Crippen LogP contribution is -2.52. The first-order valence-electron chi connectivity index (χ1n) is 12.8. The highest BCUT2D eigenvalue weighted by Gasteiger charge is 2.32. The van der Waals surface area contributed by atoms with E-state index in [9.17, 15) is 9.59 Å². The molecule has 1 aliphatic carbocycles. The van der Waals surface area contributed by atoms with Crippen LogP contribution in [0.15, 0.2) is 77.3 Å². The maximum absolute atomic E-state index is 13.9. The molecule has 1 saturated carbocycles. The van der Waals surface area contributed by atoms with E-state index in [2.05, 4.69) is 39.4 Å². The maximum Gasteiger partial charge on any atom is 0.243 e. The summed E-state index contributed by atoms with van der Waals surface area (Å²) in [5, 5.41) is 3.27. The summed E-state index contributed by atoms with van der Waals surface area (Å²) in [4.78, 5) is 29.5. The fraction of sp³-hybridized carbons (Fsp3) is 0.355. The van der Waals surface area contributed by atoms with Crippen molar-refractivity contribution in [1.82, 2.24) is 10.2 Å². The van der Waals surface area contributed by atoms with Crippen LogP contribution in [0.3, 0.4) is 0 Å². The van der Waals surface area contributed by atoms with E-state index in [1.165, 1.54) is 0 Å². The Kier molecular flexibility index (Phi) is 8.98. The van der Waals surface area contributed by atoms with Crippen molar-refractivity contribution in [3.63, 3.8) is 0 Å². The lowest BCUT2D eigenvalue weighted by molar-refractivity contribution is -0.141. The van der Waals surface area contributed by atoms with Gasteiger partial charge in [-0.25, -0.2) is 0 Å². The van der Waals surface area contributed by atoms with Crippen LogP contribution in [0.2, 0.25) is 0 Å². The third-order valence-corrected chi connectivity index (χ3v) is 7.34. The van der Waals surface area contributed by atoms with E-state index in [0.717, 1.165) is 58.0 Å². The highest BCUT2D eigenvalue weighted by Crippen LogP contribution is 2.22. The summed E-state index contributed by atoms with van der Waals surface area (Å²) in [7, 11) is 0. The first-order valence-corrected chi connectivity index (χ1v) is 13.6. The van der Waals surface area contributed by atoms with Gasteiger partial charge in [-0.1, -0.05) is 101 Å². The number of hydrogen-bond donors (Lipinski definition) is 1. The van der Waals surface area contributed by atoms with Crippen molar-refractivity contribution in [2.45, 2.75) is 71.0 Å². The summed E-state index contributed by atoms with van der Waals surface area (Å²) in [6, 6.07) is 23.8. The highest BCUT2D eigenvalue weighted by atomic mass is 79.9. The van der Waals surface area contributed by atoms with Crippen molar-refractivity contribution in [2.24, 2.45) is 0 Å². The predicted molar refractivity (Wildman–Crippen MR) is 149 cm³/mol. The van der Waals surface area contributed by atoms with Gasteiger partial charge in [0.2, 0.25) is 11.8 Å². The standard InChI is InChI=1S/C31H35BrN2O2/c1-22-15-23(2)17-26(16-22)20-30(35)34(21-25-11-8-12-27(32)18-25)29(19-24-9-4-3-5-10-24)31(36)33-28-13-6-7-14-28/h3-5,8-12,15-18,28-29H,6-7,13-14,19-21H2,1-2H3,(H,33,36)/t29-/m1/s1. The second-order valence-corrected chi connectivity index (χ2v) is 10.9. The topological polar surface area (TPSA) is 49.4 Å². The summed E-state index contributed by atoms with van der Waals surface area (Å²) in [6.07, 6.45) is 5.03. The van der Waals surface area contributed by atoms with Crippen molar-refractivity contribution in [1.29, 1.82) is 0 Å². The molecule has 0 saturated heterocycles. The molecule has 0 bridgehead atoms. The van der Waals surface area contributed by atoms with Crippen molar-refractivity contribution < 1.29 is 9.59 Å². The lowest BCUT2D eigenvalue weighted by Gasteiger charge is -2.32. The second kappa shape index (κ2) is 12.4. The quantitative estimate of drug-likeness (QED) is 0.342. The molecule has 0 radical (unpaired) electrons. The van der Waals surface area contributed by atoms with Gasteiger partial charge in [0.15, 0.2) is 0 Å². The number of nitrogens with zero attached hydrogens (tertiary/aromatic N) is 1. The second-order valence-electron chi connectivity index (χ2n) is 10.0. The molecular weight excluding hydrogens is 512 g/mol. The molecule has 5 heteroatoms. The van der Waals surface area contributed by atoms with Crippen LogP contribution in [0.4, 0.5) is 0 Å². The molecule has 2 amide bonds. The van der Waals surface area contributed by atoms with Crippen LogP contribution in [-0.4, -0.2) is 28.8 Å². The molecule has 1 aliphatic rings. The SMILES string of the molecule is Cc1cc(C)cc(CC(=O)N(Cc2cccc(Br)c2)[C@H](Cc2ccccc2)C(=O)NC2CCCC2)c1. The number of nitrogens with one attached hydrogen (secondary N) is 1. The Morgan fingerprint density at radius 3 is 2.22 bits per heavy atom. The highest BCUT2D eigenvalue weighted by molar-refractivity contribution is 9.10. The van der Waals surface area contributed by atoms with Gasteiger partial charge in [-0.05, 0) is 55.5 Å². The Balaban J connectivity index is 1.67. The fourth-order valence-electron chi connectivity index (χ4n) is 5.20. The Morgan fingerprint density at radius 1 is 0.889 bits per heavy atom. The number of benzene rings is 3. The van der Waals surface area contributed by atoms with Gasteiger partial charge in [-0.3, -0.25) is 9.59 Å². The van der Waals surface area contributed by atoms with Gasteiger partial charge < -0.3 is 10.2 Å². The monoisotopic (exact) mass is 546 g/mol. The van der Waals surface area contributed by atoms with Crippen LogP contribution in [0, 0.1) is 13.8 Å². The predicted octanol–water partition coefficient (Wildman–Crippen LogP) is 6.31. The van der Waals surface area contributed by atoms with Gasteiger partial charge in [0, 0.05) is 23.5 Å². The van der Waals surface area contributed by atoms with Gasteiger partial charge in [-0.15, -0.1) is 0 Å². The number of aryl methyl sites for hydroxylation is 2. The largest absolute Gasteiger partial charge is 0.352 e. The zero-order chi connectivity index (χ0) is 25.5. The Labute approximate surface area is 223 Å². The molecular formula is C31H35BrN2O2. The molecule has 36 heavy (non-hydrogen) atoms. The number of amides is 2. The van der Waals surface area contributed by atoms with Crippen LogP contribution in [0.5, 0.6) is 0 Å². The van der Waals surface area contributed by atoms with E-state index in [1.54, 1.807) is 4.90 Å². The molecule has 1 N–H and O–H groups in total. The number of carbonyl (C=O) groups is 2. The zero-order valence-corrected chi connectivity index (χ0v) is 22.8. The van der Waals surface area contributed by atoms with Gasteiger partial charge in [0.1, 0.15) is 6.04 Å². The van der Waals surface area contributed by atoms with Crippen molar-refractivity contribution in [3.8, 4) is 0 Å². The van der Waals surface area contributed by atoms with Crippen molar-refractivity contribution in [3.05, 3.63) is 105 Å². The number of rotatable bonds is 9. The maximum atomic E-state index is 13.9. The minimum absolute atomic E-state index is 0.0394. The van der Waals surface area contributed by atoms with Crippen LogP contribution >= 0.6 is 15.9 Å². The van der Waals surface area contributed by atoms with Crippen LogP contribution in [-0.2, 0) is 29.0 Å². The van der Waals surface area contributed by atoms with E-state index < -0.39 is 6.04 Å². The van der Waals surface area contributed by atoms with Crippen molar-refractivity contribution >= 4 is 27.7 Å². The van der Waals surface area contributed by atoms with Gasteiger partial charge >= 0.3 is 0 Å². The summed E-state index contributed by atoms with van der Waals surface area (Å²) >= 11 is 3.55. The smallest absolute Gasteiger partial charge is 0.243 e. The van der Waals surface area contributed by atoms with E-state index in [-0.39, 0.29) is 24.3 Å². The molecule has 0 aliphatic heterocycles. The van der Waals surface area contributed by atoms with Crippen LogP contribution in [0.25, 0.3) is 0 Å². The summed E-state index contributed by atoms with van der Waals surface area (Å²) in [5.74, 6) is -0.1000. The number of carbonyl (C=O) groups excluding carboxylic acids is 2. The molecule has 0 spiro atoms. The molecule has 188 valence electrons. The van der Waals surface area contributed by atoms with Gasteiger partial charge in [0.25, 0.3) is 0 Å². The Morgan fingerprint density at radius 2 is 1.56 bits per heavy atom. The Bertz CT molecular complexity index is 1170. The average Bonchev–Trinajstić information content (AvgIpc) is 3.34. The molecule has 1 atom stereocenters. The number of halogens is 1. The fourth-order valence-corrected chi connectivity index (χ4v) is 5.65. The van der Waals surface area contributed by atoms with Crippen LogP contribution < -0.4 is 5.32 Å². The normalized spacial score (nSPS) is 14.4. The summed E-state index contributed by atoms with van der Waals surface area (Å²) in [6.45, 7) is 4.47. The van der Waals surface area contributed by atoms with Gasteiger partial charge in [-0.2, -0.15) is 0 Å². The van der Waals surface area contributed by atoms with Crippen molar-refractivity contribution in [2.75, 3.05) is 0 Å². The first-order chi connectivity index (χ1) is 17.4. The van der Waals surface area contributed by atoms with E-state index in [0.29, 0.717) is 13.0 Å². The third kappa shape index (κ3) is 7.30.